The van der Waals surface area contributed by atoms with Gasteiger partial charge in [0.2, 0.25) is 11.8 Å². The Morgan fingerprint density at radius 3 is 2.10 bits per heavy atom. The van der Waals surface area contributed by atoms with Crippen LogP contribution in [0.1, 0.15) is 38.8 Å². The molecule has 0 fully saturated rings. The highest BCUT2D eigenvalue weighted by atomic mass is 35.5. The van der Waals surface area contributed by atoms with Crippen LogP contribution in [0.4, 0.5) is 23.2 Å². The molecule has 42 heavy (non-hydrogen) atoms. The third-order valence-corrected chi connectivity index (χ3v) is 8.20. The zero-order valence-corrected chi connectivity index (χ0v) is 24.8. The van der Waals surface area contributed by atoms with E-state index in [0.29, 0.717) is 15.9 Å². The maximum absolute atomic E-state index is 13.9. The van der Waals surface area contributed by atoms with Gasteiger partial charge >= 0.3 is 6.18 Å². The summed E-state index contributed by atoms with van der Waals surface area (Å²) in [5, 5.41) is 2.10. The summed E-state index contributed by atoms with van der Waals surface area (Å²) < 4.78 is 82.7. The fourth-order valence-corrected chi connectivity index (χ4v) is 5.63. The second-order valence-electron chi connectivity index (χ2n) is 10.5. The van der Waals surface area contributed by atoms with Crippen LogP contribution in [-0.2, 0) is 32.3 Å². The van der Waals surface area contributed by atoms with Gasteiger partial charge in [-0.2, -0.15) is 13.2 Å². The molecule has 3 aromatic carbocycles. The van der Waals surface area contributed by atoms with E-state index in [1.165, 1.54) is 43.3 Å². The van der Waals surface area contributed by atoms with Crippen molar-refractivity contribution in [3.8, 4) is 0 Å². The number of nitrogens with zero attached hydrogens (tertiary/aromatic N) is 2. The van der Waals surface area contributed by atoms with Gasteiger partial charge in [-0.3, -0.25) is 13.9 Å². The van der Waals surface area contributed by atoms with Crippen molar-refractivity contribution in [1.82, 2.24) is 10.2 Å². The lowest BCUT2D eigenvalue weighted by molar-refractivity contribution is -0.140. The molecule has 2 amide bonds. The van der Waals surface area contributed by atoms with Crippen LogP contribution in [0, 0.1) is 5.82 Å². The number of halogens is 5. The molecule has 0 aliphatic heterocycles. The number of carbonyl (C=O) groups is 2. The molecule has 0 spiro atoms. The Morgan fingerprint density at radius 1 is 0.952 bits per heavy atom. The van der Waals surface area contributed by atoms with Crippen LogP contribution in [0.3, 0.4) is 0 Å². The molecular formula is C29H30ClF4N3O4S. The van der Waals surface area contributed by atoms with Crippen molar-refractivity contribution in [2.45, 2.75) is 56.9 Å². The van der Waals surface area contributed by atoms with Crippen molar-refractivity contribution in [2.75, 3.05) is 10.8 Å². The molecule has 3 rings (SSSR count). The summed E-state index contributed by atoms with van der Waals surface area (Å²) in [4.78, 5) is 27.7. The third-order valence-electron chi connectivity index (χ3n) is 6.09. The molecule has 3 aromatic rings. The molecule has 0 saturated carbocycles. The van der Waals surface area contributed by atoms with Crippen molar-refractivity contribution in [1.29, 1.82) is 0 Å². The predicted octanol–water partition coefficient (Wildman–Crippen LogP) is 6.03. The van der Waals surface area contributed by atoms with E-state index in [4.69, 9.17) is 11.6 Å². The molecule has 0 aliphatic carbocycles. The van der Waals surface area contributed by atoms with E-state index >= 15 is 0 Å². The van der Waals surface area contributed by atoms with Gasteiger partial charge < -0.3 is 10.2 Å². The summed E-state index contributed by atoms with van der Waals surface area (Å²) in [6.07, 6.45) is -4.91. The Balaban J connectivity index is 2.11. The second kappa shape index (κ2) is 12.7. The number of amides is 2. The van der Waals surface area contributed by atoms with E-state index in [-0.39, 0.29) is 11.4 Å². The first-order chi connectivity index (χ1) is 19.4. The van der Waals surface area contributed by atoms with Gasteiger partial charge in [-0.05, 0) is 75.7 Å². The largest absolute Gasteiger partial charge is 0.417 e. The van der Waals surface area contributed by atoms with Gasteiger partial charge in [0.25, 0.3) is 10.0 Å². The minimum Gasteiger partial charge on any atom is -0.350 e. The molecule has 1 atom stereocenters. The molecule has 0 aromatic heterocycles. The SMILES string of the molecule is CC(C(=O)NC(C)(C)C)N(Cc1ccc(F)cc1)C(=O)CN(c1ccc(Cl)c(C(F)(F)F)c1)S(=O)(=O)c1ccccc1. The van der Waals surface area contributed by atoms with Crippen LogP contribution < -0.4 is 9.62 Å². The summed E-state index contributed by atoms with van der Waals surface area (Å²) in [5.41, 5.74) is -1.99. The first kappa shape index (κ1) is 32.9. The Morgan fingerprint density at radius 2 is 1.55 bits per heavy atom. The number of hydrogen-bond acceptors (Lipinski definition) is 4. The van der Waals surface area contributed by atoms with Gasteiger partial charge in [-0.25, -0.2) is 12.8 Å². The van der Waals surface area contributed by atoms with Crippen LogP contribution in [0.25, 0.3) is 0 Å². The molecule has 1 unspecified atom stereocenters. The topological polar surface area (TPSA) is 86.8 Å². The smallest absolute Gasteiger partial charge is 0.350 e. The lowest BCUT2D eigenvalue weighted by Gasteiger charge is -2.33. The highest BCUT2D eigenvalue weighted by molar-refractivity contribution is 7.92. The predicted molar refractivity (Wildman–Crippen MR) is 152 cm³/mol. The molecular weight excluding hydrogens is 598 g/mol. The van der Waals surface area contributed by atoms with E-state index in [9.17, 15) is 35.6 Å². The number of rotatable bonds is 9. The van der Waals surface area contributed by atoms with Crippen molar-refractivity contribution in [3.05, 3.63) is 94.8 Å². The van der Waals surface area contributed by atoms with Crippen molar-refractivity contribution < 1.29 is 35.6 Å². The fourth-order valence-electron chi connectivity index (χ4n) is 3.98. The quantitative estimate of drug-likeness (QED) is 0.294. The second-order valence-corrected chi connectivity index (χ2v) is 12.8. The van der Waals surface area contributed by atoms with E-state index in [1.54, 1.807) is 26.8 Å². The standard InChI is InChI=1S/C29H30ClF4N3O4S/c1-19(27(39)35-28(2,3)4)36(17-20-10-12-21(31)13-11-20)26(38)18-37(42(40,41)23-8-6-5-7-9-23)22-14-15-25(30)24(16-22)29(32,33)34/h5-16,19H,17-18H2,1-4H3,(H,35,39). The van der Waals surface area contributed by atoms with E-state index in [2.05, 4.69) is 5.32 Å². The van der Waals surface area contributed by atoms with Crippen LogP contribution in [0.2, 0.25) is 5.02 Å². The van der Waals surface area contributed by atoms with Crippen LogP contribution in [0.5, 0.6) is 0 Å². The molecule has 0 aliphatic rings. The van der Waals surface area contributed by atoms with Crippen molar-refractivity contribution >= 4 is 39.1 Å². The minimum absolute atomic E-state index is 0.217. The van der Waals surface area contributed by atoms with Gasteiger partial charge in [0, 0.05) is 12.1 Å². The van der Waals surface area contributed by atoms with Gasteiger partial charge in [0.15, 0.2) is 0 Å². The number of carbonyl (C=O) groups excluding carboxylic acids is 2. The summed E-state index contributed by atoms with van der Waals surface area (Å²) in [6.45, 7) is 5.46. The molecule has 1 N–H and O–H groups in total. The summed E-state index contributed by atoms with van der Waals surface area (Å²) >= 11 is 5.77. The zero-order valence-electron chi connectivity index (χ0n) is 23.2. The maximum Gasteiger partial charge on any atom is 0.417 e. The van der Waals surface area contributed by atoms with Gasteiger partial charge in [0.05, 0.1) is 21.2 Å². The summed E-state index contributed by atoms with van der Waals surface area (Å²) in [5.74, 6) is -1.97. The number of nitrogens with one attached hydrogen (secondary N) is 1. The molecule has 226 valence electrons. The maximum atomic E-state index is 13.9. The average Bonchev–Trinajstić information content (AvgIpc) is 2.90. The van der Waals surface area contributed by atoms with Crippen LogP contribution in [0.15, 0.2) is 77.7 Å². The third kappa shape index (κ3) is 8.22. The number of sulfonamides is 1. The molecule has 13 heteroatoms. The monoisotopic (exact) mass is 627 g/mol. The highest BCUT2D eigenvalue weighted by Crippen LogP contribution is 2.38. The van der Waals surface area contributed by atoms with Gasteiger partial charge in [0.1, 0.15) is 18.4 Å². The average molecular weight is 628 g/mol. The van der Waals surface area contributed by atoms with Crippen molar-refractivity contribution in [3.63, 3.8) is 0 Å². The normalized spacial score (nSPS) is 12.9. The molecule has 0 bridgehead atoms. The first-order valence-corrected chi connectivity index (χ1v) is 14.5. The van der Waals surface area contributed by atoms with Crippen LogP contribution >= 0.6 is 11.6 Å². The zero-order chi connectivity index (χ0) is 31.5. The molecule has 0 saturated heterocycles. The lowest BCUT2D eigenvalue weighted by Crippen LogP contribution is -2.54. The molecule has 7 nitrogen and oxygen atoms in total. The number of benzene rings is 3. The van der Waals surface area contributed by atoms with E-state index < -0.39 is 68.2 Å². The van der Waals surface area contributed by atoms with Gasteiger partial charge in [-0.15, -0.1) is 0 Å². The Bertz CT molecular complexity index is 1530. The Kier molecular flexibility index (Phi) is 9.94. The number of anilines is 1. The number of hydrogen-bond donors (Lipinski definition) is 1. The fraction of sp³-hybridized carbons (Fsp3) is 0.310. The Labute approximate surface area is 247 Å². The minimum atomic E-state index is -4.91. The Hall–Kier alpha value is -3.64. The molecule has 0 radical (unpaired) electrons. The lowest BCUT2D eigenvalue weighted by atomic mass is 10.1. The van der Waals surface area contributed by atoms with Crippen LogP contribution in [-0.4, -0.2) is 43.3 Å². The molecule has 0 heterocycles. The van der Waals surface area contributed by atoms with E-state index in [1.807, 2.05) is 0 Å². The van der Waals surface area contributed by atoms with E-state index in [0.717, 1.165) is 29.2 Å². The summed E-state index contributed by atoms with van der Waals surface area (Å²) in [7, 11) is -4.59. The number of alkyl halides is 3. The highest BCUT2D eigenvalue weighted by Gasteiger charge is 2.37. The summed E-state index contributed by atoms with van der Waals surface area (Å²) in [6, 6.07) is 13.4. The first-order valence-electron chi connectivity index (χ1n) is 12.7. The van der Waals surface area contributed by atoms with Gasteiger partial charge in [-0.1, -0.05) is 41.9 Å². The van der Waals surface area contributed by atoms with Crippen molar-refractivity contribution in [2.24, 2.45) is 0 Å².